The molecule has 6 nitrogen and oxygen atoms in total. The first kappa shape index (κ1) is 37.2. The SMILES string of the molecule is O.O.O[Si](O)(O)O.[Ca+2].[Ca+2].[Ca+2].[H-].[H-].[H-].[H-].[H-].[H-]. The van der Waals surface area contributed by atoms with E-state index in [1.165, 1.54) is 0 Å². The molecule has 0 heterocycles. The first-order valence-corrected chi connectivity index (χ1v) is 2.68. The average molecular weight is 258 g/mol. The molecule has 0 aromatic rings. The Bertz CT molecular complexity index is 43.7. The Morgan fingerprint density at radius 1 is 0.700 bits per heavy atom. The molecule has 0 aromatic carbocycles. The van der Waals surface area contributed by atoms with Crippen LogP contribution in [0.1, 0.15) is 8.56 Å². The van der Waals surface area contributed by atoms with Gasteiger partial charge in [0.1, 0.15) is 0 Å². The molecule has 60 valence electrons. The van der Waals surface area contributed by atoms with Crippen molar-refractivity contribution in [3.05, 3.63) is 0 Å². The monoisotopic (exact) mass is 258 g/mol. The van der Waals surface area contributed by atoms with Crippen LogP contribution in [-0.4, -0.2) is 152 Å². The van der Waals surface area contributed by atoms with Gasteiger partial charge in [0, 0.05) is 0 Å². The van der Waals surface area contributed by atoms with Crippen molar-refractivity contribution in [3.8, 4) is 0 Å². The minimum absolute atomic E-state index is 0. The summed E-state index contributed by atoms with van der Waals surface area (Å²) < 4.78 is 0. The molecule has 0 saturated carbocycles. The van der Waals surface area contributed by atoms with Crippen molar-refractivity contribution in [2.75, 3.05) is 0 Å². The summed E-state index contributed by atoms with van der Waals surface area (Å²) in [6, 6.07) is 0. The summed E-state index contributed by atoms with van der Waals surface area (Å²) in [5.41, 5.74) is 0. The van der Waals surface area contributed by atoms with Crippen molar-refractivity contribution < 1.29 is 38.7 Å². The van der Waals surface area contributed by atoms with Crippen molar-refractivity contribution in [2.45, 2.75) is 0 Å². The van der Waals surface area contributed by atoms with Gasteiger partial charge in [0.15, 0.2) is 0 Å². The fourth-order valence-electron chi connectivity index (χ4n) is 0. The van der Waals surface area contributed by atoms with Crippen LogP contribution in [0.2, 0.25) is 0 Å². The Balaban J connectivity index is -0.00000000145. The molecule has 0 bridgehead atoms. The summed E-state index contributed by atoms with van der Waals surface area (Å²) in [6.07, 6.45) is 0. The molecule has 0 amide bonds. The minimum atomic E-state index is -4.61. The summed E-state index contributed by atoms with van der Waals surface area (Å²) in [4.78, 5) is 29.3. The first-order valence-electron chi connectivity index (χ1n) is 0.894. The predicted molar refractivity (Wildman–Crippen MR) is 45.8 cm³/mol. The van der Waals surface area contributed by atoms with Crippen LogP contribution in [0.5, 0.6) is 0 Å². The van der Waals surface area contributed by atoms with Gasteiger partial charge in [-0.1, -0.05) is 0 Å². The van der Waals surface area contributed by atoms with Gasteiger partial charge in [0.25, 0.3) is 0 Å². The molecule has 0 unspecified atom stereocenters. The zero-order chi connectivity index (χ0) is 4.50. The Kier molecular flexibility index (Phi) is 68.9. The van der Waals surface area contributed by atoms with E-state index in [1.807, 2.05) is 0 Å². The molecule has 0 rings (SSSR count). The van der Waals surface area contributed by atoms with Crippen molar-refractivity contribution in [3.63, 3.8) is 0 Å². The second-order valence-electron chi connectivity index (χ2n) is 0.600. The minimum Gasteiger partial charge on any atom is -1.00 e. The molecule has 0 aliphatic rings. The van der Waals surface area contributed by atoms with Crippen LogP contribution in [-0.2, 0) is 0 Å². The van der Waals surface area contributed by atoms with E-state index in [0.717, 1.165) is 0 Å². The van der Waals surface area contributed by atoms with Crippen LogP contribution in [0.3, 0.4) is 0 Å². The summed E-state index contributed by atoms with van der Waals surface area (Å²) in [5.74, 6) is 0. The summed E-state index contributed by atoms with van der Waals surface area (Å²) in [5, 5.41) is 0. The molecule has 0 radical (unpaired) electrons. The van der Waals surface area contributed by atoms with Gasteiger partial charge < -0.3 is 38.7 Å². The van der Waals surface area contributed by atoms with E-state index in [0.29, 0.717) is 0 Å². The fraction of sp³-hybridized carbons (Fsp3) is 0. The summed E-state index contributed by atoms with van der Waals surface area (Å²) in [6.45, 7) is 0. The van der Waals surface area contributed by atoms with Crippen LogP contribution in [0, 0.1) is 0 Å². The van der Waals surface area contributed by atoms with Gasteiger partial charge in [-0.05, 0) is 0 Å². The van der Waals surface area contributed by atoms with Gasteiger partial charge in [0.05, 0.1) is 0 Å². The molecule has 0 atom stereocenters. The largest absolute Gasteiger partial charge is 2.00 e. The maximum atomic E-state index is 7.33. The second kappa shape index (κ2) is 18.5. The molecule has 8 N–H and O–H groups in total. The zero-order valence-corrected chi connectivity index (χ0v) is 13.0. The fourth-order valence-corrected chi connectivity index (χ4v) is 0. The summed E-state index contributed by atoms with van der Waals surface area (Å²) in [7, 11) is -4.61. The third-order valence-corrected chi connectivity index (χ3v) is 0. The number of hydrogen-bond donors (Lipinski definition) is 4. The normalized spacial score (nSPS) is 6.00. The average Bonchev–Trinajstić information content (AvgIpc) is 0.722. The molecule has 0 aliphatic carbocycles. The molecule has 0 spiro atoms. The molecule has 0 aromatic heterocycles. The van der Waals surface area contributed by atoms with Gasteiger partial charge in [-0.15, -0.1) is 0 Å². The molecule has 10 heavy (non-hydrogen) atoms. The Morgan fingerprint density at radius 3 is 0.700 bits per heavy atom. The number of rotatable bonds is 0. The van der Waals surface area contributed by atoms with Gasteiger partial charge in [-0.25, -0.2) is 0 Å². The van der Waals surface area contributed by atoms with E-state index in [-0.39, 0.29) is 133 Å². The van der Waals surface area contributed by atoms with E-state index >= 15 is 0 Å². The van der Waals surface area contributed by atoms with Crippen molar-refractivity contribution >= 4 is 122 Å². The molecular formula is H14Ca3O6Si. The van der Waals surface area contributed by atoms with Crippen molar-refractivity contribution in [1.82, 2.24) is 0 Å². The predicted octanol–water partition coefficient (Wildman–Crippen LogP) is -4.73. The van der Waals surface area contributed by atoms with Crippen LogP contribution < -0.4 is 0 Å². The Morgan fingerprint density at radius 2 is 0.700 bits per heavy atom. The molecule has 0 saturated heterocycles. The molecule has 10 heteroatoms. The molecule has 0 aliphatic heterocycles. The summed E-state index contributed by atoms with van der Waals surface area (Å²) >= 11 is 0. The quantitative estimate of drug-likeness (QED) is 0.323. The van der Waals surface area contributed by atoms with Crippen molar-refractivity contribution in [2.24, 2.45) is 0 Å². The Labute approximate surface area is 158 Å². The van der Waals surface area contributed by atoms with Crippen LogP contribution in [0.25, 0.3) is 0 Å². The first-order chi connectivity index (χ1) is 2.00. The van der Waals surface area contributed by atoms with Crippen LogP contribution in [0.4, 0.5) is 0 Å². The standard InChI is InChI=1S/3Ca.H4O4Si.2H2O.6H/c;;;1-5(2,3)4;;;;;;;;/h;;;1-4H;2*1H2;;;;;;/q3*+2;;;;6*-1. The maximum Gasteiger partial charge on any atom is 2.00 e. The number of hydrogen-bond acceptors (Lipinski definition) is 4. The molecule has 0 fully saturated rings. The van der Waals surface area contributed by atoms with Gasteiger partial charge in [-0.3, -0.25) is 0 Å². The van der Waals surface area contributed by atoms with Gasteiger partial charge in [-0.2, -0.15) is 0 Å². The van der Waals surface area contributed by atoms with Crippen molar-refractivity contribution in [1.29, 1.82) is 0 Å². The van der Waals surface area contributed by atoms with E-state index < -0.39 is 9.05 Å². The molecular weight excluding hydrogens is 244 g/mol. The third kappa shape index (κ3) is 96.4. The van der Waals surface area contributed by atoms with Gasteiger partial charge >= 0.3 is 122 Å². The van der Waals surface area contributed by atoms with Crippen LogP contribution in [0.15, 0.2) is 0 Å². The second-order valence-corrected chi connectivity index (χ2v) is 1.80. The van der Waals surface area contributed by atoms with E-state index in [1.54, 1.807) is 0 Å². The van der Waals surface area contributed by atoms with E-state index in [4.69, 9.17) is 19.2 Å². The maximum absolute atomic E-state index is 7.33. The topological polar surface area (TPSA) is 144 Å². The van der Waals surface area contributed by atoms with Gasteiger partial charge in [0.2, 0.25) is 0 Å². The van der Waals surface area contributed by atoms with E-state index in [9.17, 15) is 0 Å². The Hall–Kier alpha value is 3.76. The zero-order valence-electron chi connectivity index (χ0n) is 11.4. The third-order valence-electron chi connectivity index (χ3n) is 0. The van der Waals surface area contributed by atoms with E-state index in [2.05, 4.69) is 0 Å². The van der Waals surface area contributed by atoms with Crippen LogP contribution >= 0.6 is 0 Å². The smallest absolute Gasteiger partial charge is 1.00 e.